The Balaban J connectivity index is 1.60. The number of aromatic hydroxyl groups is 1. The number of halogens is 1. The number of benzene rings is 2. The van der Waals surface area contributed by atoms with Crippen molar-refractivity contribution in [3.05, 3.63) is 88.9 Å². The smallest absolute Gasteiger partial charge is 0.254 e. The van der Waals surface area contributed by atoms with Gasteiger partial charge in [0.25, 0.3) is 5.91 Å². The van der Waals surface area contributed by atoms with Crippen molar-refractivity contribution >= 4 is 5.91 Å². The molecule has 0 saturated carbocycles. The van der Waals surface area contributed by atoms with E-state index in [2.05, 4.69) is 4.98 Å². The van der Waals surface area contributed by atoms with Gasteiger partial charge in [0.2, 0.25) is 5.88 Å². The average Bonchev–Trinajstić information content (AvgIpc) is 2.72. The number of nitrogens with zero attached hydrogens (tertiary/aromatic N) is 2. The van der Waals surface area contributed by atoms with Crippen molar-refractivity contribution in [1.82, 2.24) is 9.88 Å². The molecule has 2 aromatic carbocycles. The van der Waals surface area contributed by atoms with Gasteiger partial charge in [0.15, 0.2) is 0 Å². The number of ether oxygens (including phenoxy) is 1. The second-order valence-corrected chi connectivity index (χ2v) is 7.24. The summed E-state index contributed by atoms with van der Waals surface area (Å²) >= 11 is 0. The average molecular weight is 392 g/mol. The number of pyridine rings is 1. The Morgan fingerprint density at radius 1 is 1.21 bits per heavy atom. The summed E-state index contributed by atoms with van der Waals surface area (Å²) < 4.78 is 19.6. The standard InChI is InChI=1S/C23H21FN2O3/c1-15-5-8-22(25-12-15)29-14-20-10-18-9-19(24)7-6-17(18)13-26(20)23(28)16-3-2-4-21(27)11-16/h2-9,11-12,20,27H,10,13-14H2,1H3/t20-/m0/s1. The van der Waals surface area contributed by atoms with Crippen molar-refractivity contribution in [3.8, 4) is 11.6 Å². The quantitative estimate of drug-likeness (QED) is 0.732. The Morgan fingerprint density at radius 3 is 2.83 bits per heavy atom. The zero-order valence-corrected chi connectivity index (χ0v) is 16.0. The summed E-state index contributed by atoms with van der Waals surface area (Å²) in [6, 6.07) is 14.3. The molecule has 1 aliphatic rings. The number of phenolic OH excluding ortho intramolecular Hbond substituents is 1. The maximum atomic E-state index is 13.7. The highest BCUT2D eigenvalue weighted by atomic mass is 19.1. The first-order chi connectivity index (χ1) is 14.0. The summed E-state index contributed by atoms with van der Waals surface area (Å²) in [5.41, 5.74) is 3.20. The molecule has 5 nitrogen and oxygen atoms in total. The fourth-order valence-electron chi connectivity index (χ4n) is 3.53. The molecule has 148 valence electrons. The topological polar surface area (TPSA) is 62.7 Å². The number of aryl methyl sites for hydroxylation is 1. The minimum Gasteiger partial charge on any atom is -0.508 e. The van der Waals surface area contributed by atoms with E-state index < -0.39 is 0 Å². The van der Waals surface area contributed by atoms with Crippen molar-refractivity contribution in [2.24, 2.45) is 0 Å². The third-order valence-corrected chi connectivity index (χ3v) is 5.07. The van der Waals surface area contributed by atoms with Gasteiger partial charge in [-0.3, -0.25) is 4.79 Å². The number of hydrogen-bond donors (Lipinski definition) is 1. The van der Waals surface area contributed by atoms with Gasteiger partial charge in [-0.1, -0.05) is 18.2 Å². The number of phenols is 1. The van der Waals surface area contributed by atoms with Crippen LogP contribution in [-0.4, -0.2) is 33.5 Å². The van der Waals surface area contributed by atoms with Crippen LogP contribution in [0.25, 0.3) is 0 Å². The minimum absolute atomic E-state index is 0.0342. The molecule has 0 fully saturated rings. The molecule has 1 atom stereocenters. The van der Waals surface area contributed by atoms with E-state index >= 15 is 0 Å². The van der Waals surface area contributed by atoms with Crippen LogP contribution in [0.1, 0.15) is 27.0 Å². The maximum absolute atomic E-state index is 13.7. The first-order valence-corrected chi connectivity index (χ1v) is 9.42. The largest absolute Gasteiger partial charge is 0.508 e. The molecule has 0 unspecified atom stereocenters. The van der Waals surface area contributed by atoms with Gasteiger partial charge in [-0.2, -0.15) is 0 Å². The molecule has 0 bridgehead atoms. The highest BCUT2D eigenvalue weighted by molar-refractivity contribution is 5.95. The van der Waals surface area contributed by atoms with Crippen LogP contribution in [0.2, 0.25) is 0 Å². The van der Waals surface area contributed by atoms with Gasteiger partial charge in [-0.25, -0.2) is 9.37 Å². The van der Waals surface area contributed by atoms with Crippen molar-refractivity contribution in [2.75, 3.05) is 6.61 Å². The summed E-state index contributed by atoms with van der Waals surface area (Å²) in [4.78, 5) is 19.1. The van der Waals surface area contributed by atoms with E-state index in [9.17, 15) is 14.3 Å². The van der Waals surface area contributed by atoms with E-state index in [4.69, 9.17) is 4.74 Å². The van der Waals surface area contributed by atoms with E-state index in [0.29, 0.717) is 24.4 Å². The van der Waals surface area contributed by atoms with Gasteiger partial charge in [0.1, 0.15) is 18.2 Å². The number of hydrogen-bond acceptors (Lipinski definition) is 4. The molecule has 29 heavy (non-hydrogen) atoms. The molecule has 1 aliphatic heterocycles. The summed E-state index contributed by atoms with van der Waals surface area (Å²) in [5, 5.41) is 9.74. The zero-order valence-electron chi connectivity index (χ0n) is 16.0. The van der Waals surface area contributed by atoms with Crippen molar-refractivity contribution in [1.29, 1.82) is 0 Å². The third kappa shape index (κ3) is 4.21. The molecule has 1 aromatic heterocycles. The number of carbonyl (C=O) groups is 1. The molecule has 1 amide bonds. The zero-order chi connectivity index (χ0) is 20.4. The molecule has 0 spiro atoms. The lowest BCUT2D eigenvalue weighted by Gasteiger charge is -2.36. The SMILES string of the molecule is Cc1ccc(OC[C@@H]2Cc3cc(F)ccc3CN2C(=O)c2cccc(O)c2)nc1. The van der Waals surface area contributed by atoms with E-state index in [0.717, 1.165) is 16.7 Å². The second kappa shape index (κ2) is 7.91. The van der Waals surface area contributed by atoms with Crippen LogP contribution in [-0.2, 0) is 13.0 Å². The summed E-state index contributed by atoms with van der Waals surface area (Å²) in [7, 11) is 0. The molecule has 3 aromatic rings. The molecular weight excluding hydrogens is 371 g/mol. The molecule has 0 aliphatic carbocycles. The number of carbonyl (C=O) groups excluding carboxylic acids is 1. The number of amides is 1. The van der Waals surface area contributed by atoms with Gasteiger partial charge in [-0.15, -0.1) is 0 Å². The van der Waals surface area contributed by atoms with Crippen LogP contribution in [0.3, 0.4) is 0 Å². The van der Waals surface area contributed by atoms with Gasteiger partial charge < -0.3 is 14.7 Å². The molecular formula is C23H21FN2O3. The highest BCUT2D eigenvalue weighted by Crippen LogP contribution is 2.27. The van der Waals surface area contributed by atoms with Gasteiger partial charge in [0.05, 0.1) is 6.04 Å². The maximum Gasteiger partial charge on any atom is 0.254 e. The van der Waals surface area contributed by atoms with Gasteiger partial charge >= 0.3 is 0 Å². The van der Waals surface area contributed by atoms with E-state index in [-0.39, 0.29) is 30.1 Å². The van der Waals surface area contributed by atoms with Crippen molar-refractivity contribution in [2.45, 2.75) is 25.9 Å². The predicted molar refractivity (Wildman–Crippen MR) is 106 cm³/mol. The van der Waals surface area contributed by atoms with Crippen LogP contribution in [0.4, 0.5) is 4.39 Å². The van der Waals surface area contributed by atoms with Crippen LogP contribution in [0.15, 0.2) is 60.8 Å². The molecule has 4 rings (SSSR count). The number of aromatic nitrogens is 1. The molecule has 2 heterocycles. The van der Waals surface area contributed by atoms with E-state index in [1.165, 1.54) is 24.3 Å². The first-order valence-electron chi connectivity index (χ1n) is 9.42. The Kier molecular flexibility index (Phi) is 5.16. The molecule has 0 radical (unpaired) electrons. The highest BCUT2D eigenvalue weighted by Gasteiger charge is 2.31. The summed E-state index contributed by atoms with van der Waals surface area (Å²) in [6.07, 6.45) is 2.19. The Hall–Kier alpha value is -3.41. The number of fused-ring (bicyclic) bond motifs is 1. The van der Waals surface area contributed by atoms with Crippen LogP contribution in [0, 0.1) is 12.7 Å². The van der Waals surface area contributed by atoms with E-state index in [1.807, 2.05) is 13.0 Å². The fourth-order valence-corrected chi connectivity index (χ4v) is 3.53. The lowest BCUT2D eigenvalue weighted by molar-refractivity contribution is 0.0562. The minimum atomic E-state index is -0.295. The van der Waals surface area contributed by atoms with Crippen molar-refractivity contribution < 1.29 is 19.0 Å². The summed E-state index contributed by atoms with van der Waals surface area (Å²) in [5.74, 6) is 0.00935. The Morgan fingerprint density at radius 2 is 2.07 bits per heavy atom. The lowest BCUT2D eigenvalue weighted by atomic mass is 9.93. The first kappa shape index (κ1) is 18.9. The normalized spacial score (nSPS) is 15.7. The van der Waals surface area contributed by atoms with Crippen LogP contribution >= 0.6 is 0 Å². The molecule has 0 saturated heterocycles. The predicted octanol–water partition coefficient (Wildman–Crippen LogP) is 3.88. The Labute approximate surface area is 168 Å². The lowest BCUT2D eigenvalue weighted by Crippen LogP contribution is -2.47. The second-order valence-electron chi connectivity index (χ2n) is 7.24. The van der Waals surface area contributed by atoms with Crippen LogP contribution in [0.5, 0.6) is 11.6 Å². The van der Waals surface area contributed by atoms with Gasteiger partial charge in [0, 0.05) is 24.4 Å². The van der Waals surface area contributed by atoms with Crippen molar-refractivity contribution in [3.63, 3.8) is 0 Å². The monoisotopic (exact) mass is 392 g/mol. The number of rotatable bonds is 4. The van der Waals surface area contributed by atoms with Gasteiger partial charge in [-0.05, 0) is 60.4 Å². The molecule has 1 N–H and O–H groups in total. The van der Waals surface area contributed by atoms with Crippen LogP contribution < -0.4 is 4.74 Å². The molecule has 6 heteroatoms. The Bertz CT molecular complexity index is 1040. The third-order valence-electron chi connectivity index (χ3n) is 5.07. The fraction of sp³-hybridized carbons (Fsp3) is 0.217. The summed E-state index contributed by atoms with van der Waals surface area (Å²) in [6.45, 7) is 2.52. The van der Waals surface area contributed by atoms with E-state index in [1.54, 1.807) is 35.4 Å².